The highest BCUT2D eigenvalue weighted by atomic mass is 79.9. The van der Waals surface area contributed by atoms with Gasteiger partial charge in [0, 0.05) is 14.5 Å². The van der Waals surface area contributed by atoms with Crippen molar-refractivity contribution in [1.29, 1.82) is 0 Å². The average Bonchev–Trinajstić information content (AvgIpc) is 2.50. The SMILES string of the molecule is Cc1c(C)c(-c2c(Br)c(Br)c(O)c(Br)c2Br)c(C)c(C)c1O. The predicted octanol–water partition coefficient (Wildman–Crippen LogP) is 7.05. The number of halogens is 4. The van der Waals surface area contributed by atoms with Gasteiger partial charge in [0.05, 0.1) is 8.95 Å². The Morgan fingerprint density at radius 2 is 0.864 bits per heavy atom. The molecule has 0 saturated heterocycles. The van der Waals surface area contributed by atoms with Crippen LogP contribution in [0.2, 0.25) is 0 Å². The van der Waals surface area contributed by atoms with Crippen LogP contribution in [-0.2, 0) is 0 Å². The third-order valence-electron chi connectivity index (χ3n) is 4.08. The van der Waals surface area contributed by atoms with Crippen molar-refractivity contribution in [2.45, 2.75) is 27.7 Å². The van der Waals surface area contributed by atoms with Crippen molar-refractivity contribution in [3.8, 4) is 22.6 Å². The van der Waals surface area contributed by atoms with E-state index in [1.54, 1.807) is 0 Å². The maximum absolute atomic E-state index is 10.2. The highest BCUT2D eigenvalue weighted by Gasteiger charge is 2.24. The first-order chi connectivity index (χ1) is 10.1. The van der Waals surface area contributed by atoms with E-state index in [1.807, 2.05) is 27.7 Å². The molecule has 0 aliphatic rings. The Bertz CT molecular complexity index is 672. The van der Waals surface area contributed by atoms with Gasteiger partial charge in [0.25, 0.3) is 0 Å². The molecule has 0 aliphatic heterocycles. The molecule has 6 heteroatoms. The summed E-state index contributed by atoms with van der Waals surface area (Å²) < 4.78 is 2.69. The second-order valence-electron chi connectivity index (χ2n) is 5.20. The molecule has 0 unspecified atom stereocenters. The fourth-order valence-corrected chi connectivity index (χ4v) is 5.00. The van der Waals surface area contributed by atoms with Crippen LogP contribution in [0.5, 0.6) is 11.5 Å². The van der Waals surface area contributed by atoms with E-state index in [9.17, 15) is 10.2 Å². The van der Waals surface area contributed by atoms with Crippen LogP contribution >= 0.6 is 63.7 Å². The Morgan fingerprint density at radius 3 is 1.23 bits per heavy atom. The molecule has 0 amide bonds. The molecule has 2 nitrogen and oxygen atoms in total. The van der Waals surface area contributed by atoms with Gasteiger partial charge < -0.3 is 10.2 Å². The molecule has 2 aromatic carbocycles. The molecule has 0 aliphatic carbocycles. The van der Waals surface area contributed by atoms with Crippen molar-refractivity contribution in [2.75, 3.05) is 0 Å². The van der Waals surface area contributed by atoms with Crippen LogP contribution in [0.1, 0.15) is 22.3 Å². The van der Waals surface area contributed by atoms with Crippen LogP contribution in [0.4, 0.5) is 0 Å². The molecule has 2 N–H and O–H groups in total. The summed E-state index contributed by atoms with van der Waals surface area (Å²) >= 11 is 14.0. The molecule has 22 heavy (non-hydrogen) atoms. The molecule has 0 heterocycles. The second-order valence-corrected chi connectivity index (χ2v) is 8.38. The largest absolute Gasteiger partial charge is 0.507 e. The molecule has 2 aromatic rings. The molecule has 0 saturated carbocycles. The van der Waals surface area contributed by atoms with Crippen LogP contribution in [0.15, 0.2) is 17.9 Å². The zero-order chi connectivity index (χ0) is 16.9. The normalized spacial score (nSPS) is 11.1. The number of hydrogen-bond acceptors (Lipinski definition) is 2. The molecule has 0 radical (unpaired) electrons. The van der Waals surface area contributed by atoms with E-state index in [0.29, 0.717) is 14.7 Å². The summed E-state index contributed by atoms with van der Waals surface area (Å²) in [5, 5.41) is 20.4. The van der Waals surface area contributed by atoms with Crippen molar-refractivity contribution >= 4 is 63.7 Å². The summed E-state index contributed by atoms with van der Waals surface area (Å²) in [5.41, 5.74) is 5.69. The number of rotatable bonds is 1. The molecule has 0 spiro atoms. The Hall–Kier alpha value is -0.0400. The van der Waals surface area contributed by atoms with Crippen molar-refractivity contribution in [2.24, 2.45) is 0 Å². The van der Waals surface area contributed by atoms with Gasteiger partial charge in [0.15, 0.2) is 0 Å². The maximum atomic E-state index is 10.2. The molecular formula is C16H14Br4O2. The molecule has 2 rings (SSSR count). The summed E-state index contributed by atoms with van der Waals surface area (Å²) in [6.45, 7) is 7.80. The summed E-state index contributed by atoms with van der Waals surface area (Å²) in [5.74, 6) is 0.466. The quantitative estimate of drug-likeness (QED) is 0.369. The summed E-state index contributed by atoms with van der Waals surface area (Å²) in [7, 11) is 0. The Labute approximate surface area is 163 Å². The third-order valence-corrected chi connectivity index (χ3v) is 8.27. The Balaban J connectivity index is 3.03. The van der Waals surface area contributed by atoms with Gasteiger partial charge in [0.1, 0.15) is 11.5 Å². The van der Waals surface area contributed by atoms with E-state index in [4.69, 9.17) is 0 Å². The van der Waals surface area contributed by atoms with Crippen molar-refractivity contribution in [3.63, 3.8) is 0 Å². The summed E-state index contributed by atoms with van der Waals surface area (Å²) in [6.07, 6.45) is 0. The van der Waals surface area contributed by atoms with Crippen LogP contribution in [0.25, 0.3) is 11.1 Å². The van der Waals surface area contributed by atoms with Gasteiger partial charge >= 0.3 is 0 Å². The van der Waals surface area contributed by atoms with E-state index < -0.39 is 0 Å². The van der Waals surface area contributed by atoms with Gasteiger partial charge in [0.2, 0.25) is 0 Å². The van der Waals surface area contributed by atoms with Crippen molar-refractivity contribution in [3.05, 3.63) is 40.1 Å². The zero-order valence-corrected chi connectivity index (χ0v) is 18.8. The van der Waals surface area contributed by atoms with Gasteiger partial charge in [-0.05, 0) is 119 Å². The monoisotopic (exact) mass is 554 g/mol. The zero-order valence-electron chi connectivity index (χ0n) is 12.4. The second kappa shape index (κ2) is 6.46. The maximum Gasteiger partial charge on any atom is 0.146 e. The van der Waals surface area contributed by atoms with Crippen molar-refractivity contribution < 1.29 is 10.2 Å². The molecule has 0 aromatic heterocycles. The molecule has 0 atom stereocenters. The first kappa shape index (κ1) is 18.3. The lowest BCUT2D eigenvalue weighted by atomic mass is 9.89. The lowest BCUT2D eigenvalue weighted by molar-refractivity contribution is 0.465. The third kappa shape index (κ3) is 2.66. The fourth-order valence-electron chi connectivity index (χ4n) is 2.51. The van der Waals surface area contributed by atoms with Crippen LogP contribution in [-0.4, -0.2) is 10.2 Å². The summed E-state index contributed by atoms with van der Waals surface area (Å²) in [4.78, 5) is 0. The molecule has 118 valence electrons. The smallest absolute Gasteiger partial charge is 0.146 e. The van der Waals surface area contributed by atoms with Crippen molar-refractivity contribution in [1.82, 2.24) is 0 Å². The first-order valence-electron chi connectivity index (χ1n) is 6.45. The minimum Gasteiger partial charge on any atom is -0.507 e. The van der Waals surface area contributed by atoms with Crippen LogP contribution in [0, 0.1) is 27.7 Å². The lowest BCUT2D eigenvalue weighted by Crippen LogP contribution is -1.99. The van der Waals surface area contributed by atoms with Gasteiger partial charge in [-0.25, -0.2) is 0 Å². The highest BCUT2D eigenvalue weighted by molar-refractivity contribution is 9.14. The summed E-state index contributed by atoms with van der Waals surface area (Å²) in [6, 6.07) is 0. The average molecular weight is 558 g/mol. The predicted molar refractivity (Wildman–Crippen MR) is 105 cm³/mol. The minimum atomic E-state index is 0.130. The molecule has 0 fully saturated rings. The topological polar surface area (TPSA) is 40.5 Å². The number of phenols is 2. The fraction of sp³-hybridized carbons (Fsp3) is 0.250. The van der Waals surface area contributed by atoms with E-state index in [0.717, 1.165) is 42.3 Å². The number of benzene rings is 2. The highest BCUT2D eigenvalue weighted by Crippen LogP contribution is 2.52. The van der Waals surface area contributed by atoms with E-state index in [-0.39, 0.29) is 5.75 Å². The first-order valence-corrected chi connectivity index (χ1v) is 9.63. The standard InChI is InChI=1S/C16H14Br4O2/c1-5-7(3)15(21)8(4)6(2)9(5)10-11(17)13(19)16(22)14(20)12(10)18/h21-22H,1-4H3. The van der Waals surface area contributed by atoms with E-state index in [1.165, 1.54) is 0 Å². The number of phenolic OH excluding ortho intramolecular Hbond substituents is 2. The number of hydrogen-bond donors (Lipinski definition) is 2. The van der Waals surface area contributed by atoms with E-state index >= 15 is 0 Å². The molecule has 0 bridgehead atoms. The minimum absolute atomic E-state index is 0.130. The van der Waals surface area contributed by atoms with Crippen LogP contribution in [0.3, 0.4) is 0 Å². The number of aromatic hydroxyl groups is 2. The van der Waals surface area contributed by atoms with E-state index in [2.05, 4.69) is 63.7 Å². The Kier molecular flexibility index (Phi) is 5.37. The molecular weight excluding hydrogens is 544 g/mol. The Morgan fingerprint density at radius 1 is 0.500 bits per heavy atom. The lowest BCUT2D eigenvalue weighted by Gasteiger charge is -2.21. The van der Waals surface area contributed by atoms with Gasteiger partial charge in [-0.2, -0.15) is 0 Å². The van der Waals surface area contributed by atoms with Gasteiger partial charge in [-0.15, -0.1) is 0 Å². The van der Waals surface area contributed by atoms with Crippen LogP contribution < -0.4 is 0 Å². The van der Waals surface area contributed by atoms with Gasteiger partial charge in [-0.1, -0.05) is 0 Å². The van der Waals surface area contributed by atoms with Gasteiger partial charge in [-0.3, -0.25) is 0 Å².